The van der Waals surface area contributed by atoms with E-state index in [1.807, 2.05) is 7.05 Å². The van der Waals surface area contributed by atoms with Crippen molar-refractivity contribution in [2.75, 3.05) is 25.5 Å². The number of nitrogens with one attached hydrogen (secondary N) is 1. The molecule has 5 heteroatoms. The first-order valence-electron chi connectivity index (χ1n) is 4.61. The summed E-state index contributed by atoms with van der Waals surface area (Å²) in [6.45, 7) is 3.41. The maximum Gasteiger partial charge on any atom is 0.205 e. The Morgan fingerprint density at radius 1 is 1.38 bits per heavy atom. The Morgan fingerprint density at radius 3 is 2.77 bits per heavy atom. The highest BCUT2D eigenvalue weighted by Gasteiger charge is 2.13. The van der Waals surface area contributed by atoms with Crippen LogP contribution in [0, 0.1) is 0 Å². The van der Waals surface area contributed by atoms with Crippen LogP contribution in [0.3, 0.4) is 0 Å². The second kappa shape index (κ2) is 4.02. The molecule has 0 aromatic carbocycles. The van der Waals surface area contributed by atoms with Crippen LogP contribution >= 0.6 is 11.3 Å². The summed E-state index contributed by atoms with van der Waals surface area (Å²) < 4.78 is 0. The van der Waals surface area contributed by atoms with Gasteiger partial charge in [-0.15, -0.1) is 10.2 Å². The van der Waals surface area contributed by atoms with E-state index in [1.54, 1.807) is 11.3 Å². The number of anilines is 1. The number of aromatic nitrogens is 2. The third-order valence-electron chi connectivity index (χ3n) is 2.24. The van der Waals surface area contributed by atoms with E-state index in [4.69, 9.17) is 0 Å². The lowest BCUT2D eigenvalue weighted by molar-refractivity contribution is 0.330. The van der Waals surface area contributed by atoms with Gasteiger partial charge in [0.1, 0.15) is 5.01 Å². The van der Waals surface area contributed by atoms with Crippen LogP contribution in [0.2, 0.25) is 0 Å². The van der Waals surface area contributed by atoms with Crippen LogP contribution in [0.25, 0.3) is 0 Å². The van der Waals surface area contributed by atoms with Crippen LogP contribution in [0.5, 0.6) is 0 Å². The van der Waals surface area contributed by atoms with Crippen molar-refractivity contribution >= 4 is 16.5 Å². The highest BCUT2D eigenvalue weighted by Crippen LogP contribution is 2.18. The number of likely N-dealkylation sites (tertiary alicyclic amines) is 1. The molecule has 4 nitrogen and oxygen atoms in total. The topological polar surface area (TPSA) is 41.1 Å². The molecule has 1 aliphatic rings. The molecule has 0 amide bonds. The minimum absolute atomic E-state index is 0.911. The van der Waals surface area contributed by atoms with Crippen molar-refractivity contribution < 1.29 is 0 Å². The molecule has 72 valence electrons. The Hall–Kier alpha value is -0.680. The summed E-state index contributed by atoms with van der Waals surface area (Å²) in [6.07, 6.45) is 2.66. The minimum Gasteiger partial charge on any atom is -0.363 e. The maximum atomic E-state index is 4.11. The molecule has 1 aromatic rings. The van der Waals surface area contributed by atoms with Gasteiger partial charge in [-0.3, -0.25) is 4.90 Å². The maximum absolute atomic E-state index is 4.11. The van der Waals surface area contributed by atoms with Crippen LogP contribution in [0.15, 0.2) is 0 Å². The Kier molecular flexibility index (Phi) is 2.75. The molecule has 13 heavy (non-hydrogen) atoms. The van der Waals surface area contributed by atoms with E-state index in [0.29, 0.717) is 0 Å². The molecule has 1 aromatic heterocycles. The molecular weight excluding hydrogens is 184 g/mol. The zero-order valence-electron chi connectivity index (χ0n) is 7.79. The number of rotatable bonds is 3. The predicted octanol–water partition coefficient (Wildman–Crippen LogP) is 1.18. The van der Waals surface area contributed by atoms with Crippen molar-refractivity contribution in [2.45, 2.75) is 19.4 Å². The largest absolute Gasteiger partial charge is 0.363 e. The molecule has 0 atom stereocenters. The van der Waals surface area contributed by atoms with E-state index in [9.17, 15) is 0 Å². The fraction of sp³-hybridized carbons (Fsp3) is 0.750. The third-order valence-corrected chi connectivity index (χ3v) is 3.16. The van der Waals surface area contributed by atoms with Gasteiger partial charge in [0.15, 0.2) is 0 Å². The number of hydrogen-bond donors (Lipinski definition) is 1. The Labute approximate surface area is 82.0 Å². The van der Waals surface area contributed by atoms with Gasteiger partial charge in [-0.2, -0.15) is 0 Å². The number of nitrogens with zero attached hydrogens (tertiary/aromatic N) is 3. The Morgan fingerprint density at radius 2 is 2.15 bits per heavy atom. The van der Waals surface area contributed by atoms with Crippen molar-refractivity contribution in [1.29, 1.82) is 0 Å². The SMILES string of the molecule is CNc1nnc(CN2CCCC2)s1. The lowest BCUT2D eigenvalue weighted by atomic mass is 10.4. The molecule has 1 aliphatic heterocycles. The molecule has 1 saturated heterocycles. The average Bonchev–Trinajstić information content (AvgIpc) is 2.76. The van der Waals surface area contributed by atoms with E-state index in [2.05, 4.69) is 20.4 Å². The van der Waals surface area contributed by atoms with Crippen LogP contribution in [0.1, 0.15) is 17.8 Å². The van der Waals surface area contributed by atoms with Gasteiger partial charge in [0, 0.05) is 7.05 Å². The highest BCUT2D eigenvalue weighted by atomic mass is 32.1. The minimum atomic E-state index is 0.911. The quantitative estimate of drug-likeness (QED) is 0.791. The normalized spacial score (nSPS) is 17.9. The van der Waals surface area contributed by atoms with E-state index in [0.717, 1.165) is 16.7 Å². The number of hydrogen-bond acceptors (Lipinski definition) is 5. The first-order chi connectivity index (χ1) is 6.38. The van der Waals surface area contributed by atoms with Crippen molar-refractivity contribution in [1.82, 2.24) is 15.1 Å². The molecule has 1 fully saturated rings. The summed E-state index contributed by atoms with van der Waals surface area (Å²) in [5.41, 5.74) is 0. The molecule has 0 bridgehead atoms. The molecule has 1 N–H and O–H groups in total. The first-order valence-corrected chi connectivity index (χ1v) is 5.42. The van der Waals surface area contributed by atoms with Gasteiger partial charge < -0.3 is 5.32 Å². The zero-order valence-corrected chi connectivity index (χ0v) is 8.60. The fourth-order valence-corrected chi connectivity index (χ4v) is 2.29. The lowest BCUT2D eigenvalue weighted by Crippen LogP contribution is -2.18. The second-order valence-electron chi connectivity index (χ2n) is 3.23. The monoisotopic (exact) mass is 198 g/mol. The average molecular weight is 198 g/mol. The standard InChI is InChI=1S/C8H14N4S/c1-9-8-11-10-7(13-8)6-12-4-2-3-5-12/h2-6H2,1H3,(H,9,11). The highest BCUT2D eigenvalue weighted by molar-refractivity contribution is 7.15. The van der Waals surface area contributed by atoms with Gasteiger partial charge in [-0.1, -0.05) is 11.3 Å². The van der Waals surface area contributed by atoms with E-state index < -0.39 is 0 Å². The van der Waals surface area contributed by atoms with Gasteiger partial charge >= 0.3 is 0 Å². The molecule has 0 radical (unpaired) electrons. The van der Waals surface area contributed by atoms with Crippen LogP contribution in [-0.4, -0.2) is 35.2 Å². The zero-order chi connectivity index (χ0) is 9.10. The first kappa shape index (κ1) is 8.90. The third kappa shape index (κ3) is 2.16. The van der Waals surface area contributed by atoms with Crippen molar-refractivity contribution in [3.8, 4) is 0 Å². The van der Waals surface area contributed by atoms with Gasteiger partial charge in [-0.05, 0) is 25.9 Å². The molecular formula is C8H14N4S. The summed E-state index contributed by atoms with van der Waals surface area (Å²) >= 11 is 1.64. The van der Waals surface area contributed by atoms with Gasteiger partial charge in [0.2, 0.25) is 5.13 Å². The molecule has 0 saturated carbocycles. The lowest BCUT2D eigenvalue weighted by Gasteiger charge is -2.10. The fourth-order valence-electron chi connectivity index (χ4n) is 1.55. The van der Waals surface area contributed by atoms with Gasteiger partial charge in [0.05, 0.1) is 6.54 Å². The molecule has 0 spiro atoms. The summed E-state index contributed by atoms with van der Waals surface area (Å²) in [7, 11) is 1.88. The van der Waals surface area contributed by atoms with E-state index in [1.165, 1.54) is 25.9 Å². The second-order valence-corrected chi connectivity index (χ2v) is 4.30. The smallest absolute Gasteiger partial charge is 0.205 e. The summed E-state index contributed by atoms with van der Waals surface area (Å²) in [4.78, 5) is 2.43. The van der Waals surface area contributed by atoms with E-state index >= 15 is 0 Å². The van der Waals surface area contributed by atoms with Gasteiger partial charge in [0.25, 0.3) is 0 Å². The molecule has 0 aliphatic carbocycles. The van der Waals surface area contributed by atoms with Crippen LogP contribution in [-0.2, 0) is 6.54 Å². The van der Waals surface area contributed by atoms with Crippen molar-refractivity contribution in [3.05, 3.63) is 5.01 Å². The molecule has 2 heterocycles. The van der Waals surface area contributed by atoms with Crippen LogP contribution < -0.4 is 5.32 Å². The summed E-state index contributed by atoms with van der Waals surface area (Å²) in [6, 6.07) is 0. The van der Waals surface area contributed by atoms with Gasteiger partial charge in [-0.25, -0.2) is 0 Å². The molecule has 2 rings (SSSR count). The van der Waals surface area contributed by atoms with Crippen molar-refractivity contribution in [3.63, 3.8) is 0 Å². The molecule has 0 unspecified atom stereocenters. The summed E-state index contributed by atoms with van der Waals surface area (Å²) in [5.74, 6) is 0. The Balaban J connectivity index is 1.92. The summed E-state index contributed by atoms with van der Waals surface area (Å²) in [5, 5.41) is 13.1. The Bertz CT molecular complexity index is 267. The van der Waals surface area contributed by atoms with Crippen LogP contribution in [0.4, 0.5) is 5.13 Å². The predicted molar refractivity (Wildman–Crippen MR) is 54.0 cm³/mol. The van der Waals surface area contributed by atoms with Crippen molar-refractivity contribution in [2.24, 2.45) is 0 Å². The van der Waals surface area contributed by atoms with E-state index in [-0.39, 0.29) is 0 Å².